The maximum atomic E-state index is 12.4. The van der Waals surface area contributed by atoms with Crippen molar-refractivity contribution < 1.29 is 4.79 Å². The highest BCUT2D eigenvalue weighted by Crippen LogP contribution is 2.30. The molecule has 4 heteroatoms. The lowest BCUT2D eigenvalue weighted by Gasteiger charge is -2.36. The number of rotatable bonds is 4. The highest BCUT2D eigenvalue weighted by atomic mass is 16.2. The zero-order valence-electron chi connectivity index (χ0n) is 14.3. The monoisotopic (exact) mass is 295 g/mol. The minimum Gasteiger partial charge on any atom is -0.335 e. The summed E-state index contributed by atoms with van der Waals surface area (Å²) < 4.78 is 0. The standard InChI is InChI=1S/C17H33N3O/c1-13(2)15-7-5-6-8-16(15)18-17(21)20(4)12-14-9-10-19(3)11-14/h13-16H,5-12H2,1-4H3,(H,18,21). The van der Waals surface area contributed by atoms with Gasteiger partial charge in [-0.1, -0.05) is 26.7 Å². The van der Waals surface area contributed by atoms with Crippen LogP contribution >= 0.6 is 0 Å². The van der Waals surface area contributed by atoms with Gasteiger partial charge in [-0.05, 0) is 50.6 Å². The number of hydrogen-bond acceptors (Lipinski definition) is 2. The zero-order chi connectivity index (χ0) is 15.4. The Balaban J connectivity index is 1.81. The molecule has 3 atom stereocenters. The van der Waals surface area contributed by atoms with Gasteiger partial charge in [0.05, 0.1) is 0 Å². The fourth-order valence-electron chi connectivity index (χ4n) is 4.05. The van der Waals surface area contributed by atoms with Crippen molar-refractivity contribution >= 4 is 6.03 Å². The largest absolute Gasteiger partial charge is 0.335 e. The third-order valence-corrected chi connectivity index (χ3v) is 5.35. The summed E-state index contributed by atoms with van der Waals surface area (Å²) in [5.74, 6) is 1.94. The smallest absolute Gasteiger partial charge is 0.317 e. The molecule has 122 valence electrons. The summed E-state index contributed by atoms with van der Waals surface area (Å²) in [5.41, 5.74) is 0. The fourth-order valence-corrected chi connectivity index (χ4v) is 4.05. The molecule has 21 heavy (non-hydrogen) atoms. The molecule has 1 N–H and O–H groups in total. The minimum atomic E-state index is 0.127. The van der Waals surface area contributed by atoms with Gasteiger partial charge in [-0.3, -0.25) is 0 Å². The second-order valence-corrected chi connectivity index (χ2v) is 7.55. The van der Waals surface area contributed by atoms with Crippen molar-refractivity contribution in [3.05, 3.63) is 0 Å². The van der Waals surface area contributed by atoms with Crippen molar-refractivity contribution in [3.8, 4) is 0 Å². The first kappa shape index (κ1) is 16.6. The number of amides is 2. The van der Waals surface area contributed by atoms with Crippen LogP contribution in [0.15, 0.2) is 0 Å². The van der Waals surface area contributed by atoms with E-state index in [9.17, 15) is 4.79 Å². The molecule has 0 bridgehead atoms. The highest BCUT2D eigenvalue weighted by molar-refractivity contribution is 5.74. The second-order valence-electron chi connectivity index (χ2n) is 7.55. The van der Waals surface area contributed by atoms with Crippen LogP contribution in [-0.2, 0) is 0 Å². The van der Waals surface area contributed by atoms with Gasteiger partial charge in [0.15, 0.2) is 0 Å². The van der Waals surface area contributed by atoms with Crippen molar-refractivity contribution in [2.45, 2.75) is 52.0 Å². The lowest BCUT2D eigenvalue weighted by atomic mass is 9.78. The van der Waals surface area contributed by atoms with Gasteiger partial charge in [0.2, 0.25) is 0 Å². The van der Waals surface area contributed by atoms with Gasteiger partial charge in [0.25, 0.3) is 0 Å². The van der Waals surface area contributed by atoms with E-state index in [4.69, 9.17) is 0 Å². The van der Waals surface area contributed by atoms with E-state index in [2.05, 4.69) is 31.1 Å². The normalized spacial score (nSPS) is 30.6. The van der Waals surface area contributed by atoms with Gasteiger partial charge >= 0.3 is 6.03 Å². The average molecular weight is 295 g/mol. The maximum absolute atomic E-state index is 12.4. The predicted octanol–water partition coefficient (Wildman–Crippen LogP) is 2.79. The predicted molar refractivity (Wildman–Crippen MR) is 87.3 cm³/mol. The van der Waals surface area contributed by atoms with Gasteiger partial charge in [0.1, 0.15) is 0 Å². The van der Waals surface area contributed by atoms with Crippen LogP contribution in [0.2, 0.25) is 0 Å². The van der Waals surface area contributed by atoms with E-state index in [0.29, 0.717) is 23.8 Å². The Bertz CT molecular complexity index is 345. The molecule has 1 saturated carbocycles. The van der Waals surface area contributed by atoms with Crippen molar-refractivity contribution in [2.24, 2.45) is 17.8 Å². The molecule has 2 rings (SSSR count). The molecule has 0 aromatic heterocycles. The molecule has 3 unspecified atom stereocenters. The third-order valence-electron chi connectivity index (χ3n) is 5.35. The van der Waals surface area contributed by atoms with E-state index in [1.807, 2.05) is 11.9 Å². The Morgan fingerprint density at radius 1 is 1.29 bits per heavy atom. The molecule has 2 amide bonds. The van der Waals surface area contributed by atoms with Gasteiger partial charge in [-0.15, -0.1) is 0 Å². The van der Waals surface area contributed by atoms with Gasteiger partial charge in [0, 0.05) is 26.2 Å². The average Bonchev–Trinajstić information content (AvgIpc) is 2.84. The van der Waals surface area contributed by atoms with Crippen molar-refractivity contribution in [2.75, 3.05) is 33.7 Å². The first-order chi connectivity index (χ1) is 9.97. The van der Waals surface area contributed by atoms with E-state index in [-0.39, 0.29) is 6.03 Å². The third kappa shape index (κ3) is 4.60. The zero-order valence-corrected chi connectivity index (χ0v) is 14.3. The van der Waals surface area contributed by atoms with Crippen LogP contribution in [0.3, 0.4) is 0 Å². The lowest BCUT2D eigenvalue weighted by molar-refractivity contribution is 0.169. The van der Waals surface area contributed by atoms with E-state index in [1.54, 1.807) is 0 Å². The van der Waals surface area contributed by atoms with Gasteiger partial charge in [-0.2, -0.15) is 0 Å². The van der Waals surface area contributed by atoms with Crippen LogP contribution in [0, 0.1) is 17.8 Å². The number of nitrogens with one attached hydrogen (secondary N) is 1. The van der Waals surface area contributed by atoms with Crippen LogP contribution in [0.4, 0.5) is 4.79 Å². The van der Waals surface area contributed by atoms with Gasteiger partial charge < -0.3 is 15.1 Å². The molecule has 1 saturated heterocycles. The number of carbonyl (C=O) groups excluding carboxylic acids is 1. The quantitative estimate of drug-likeness (QED) is 0.865. The molecular weight excluding hydrogens is 262 g/mol. The molecule has 1 aliphatic heterocycles. The highest BCUT2D eigenvalue weighted by Gasteiger charge is 2.30. The second kappa shape index (κ2) is 7.48. The molecule has 0 spiro atoms. The summed E-state index contributed by atoms with van der Waals surface area (Å²) in [7, 11) is 4.11. The van der Waals surface area contributed by atoms with Crippen molar-refractivity contribution in [1.82, 2.24) is 15.1 Å². The first-order valence-corrected chi connectivity index (χ1v) is 8.67. The molecule has 0 aromatic carbocycles. The number of nitrogens with zero attached hydrogens (tertiary/aromatic N) is 2. The summed E-state index contributed by atoms with van der Waals surface area (Å²) in [6.07, 6.45) is 6.20. The first-order valence-electron chi connectivity index (χ1n) is 8.67. The van der Waals surface area contributed by atoms with E-state index < -0.39 is 0 Å². The number of carbonyl (C=O) groups is 1. The molecule has 1 heterocycles. The Kier molecular flexibility index (Phi) is 5.91. The summed E-state index contributed by atoms with van der Waals surface area (Å²) in [6, 6.07) is 0.502. The fraction of sp³-hybridized carbons (Fsp3) is 0.941. The van der Waals surface area contributed by atoms with Crippen LogP contribution in [-0.4, -0.2) is 55.6 Å². The maximum Gasteiger partial charge on any atom is 0.317 e. The van der Waals surface area contributed by atoms with E-state index >= 15 is 0 Å². The number of hydrogen-bond donors (Lipinski definition) is 1. The van der Waals surface area contributed by atoms with Crippen LogP contribution < -0.4 is 5.32 Å². The molecule has 4 nitrogen and oxygen atoms in total. The molecule has 2 fully saturated rings. The van der Waals surface area contributed by atoms with Crippen LogP contribution in [0.5, 0.6) is 0 Å². The van der Waals surface area contributed by atoms with Crippen LogP contribution in [0.1, 0.15) is 46.0 Å². The summed E-state index contributed by atoms with van der Waals surface area (Å²) in [4.78, 5) is 16.7. The van der Waals surface area contributed by atoms with E-state index in [0.717, 1.165) is 26.1 Å². The Morgan fingerprint density at radius 3 is 2.62 bits per heavy atom. The molecule has 0 aromatic rings. The lowest BCUT2D eigenvalue weighted by Crippen LogP contribution is -2.49. The van der Waals surface area contributed by atoms with Crippen molar-refractivity contribution in [3.63, 3.8) is 0 Å². The molecule has 1 aliphatic carbocycles. The Hall–Kier alpha value is -0.770. The number of urea groups is 1. The topological polar surface area (TPSA) is 35.6 Å². The van der Waals surface area contributed by atoms with E-state index in [1.165, 1.54) is 25.7 Å². The number of likely N-dealkylation sites (tertiary alicyclic amines) is 1. The molecule has 2 aliphatic rings. The molecule has 0 radical (unpaired) electrons. The summed E-state index contributed by atoms with van der Waals surface area (Å²) in [6.45, 7) is 7.74. The molecular formula is C17H33N3O. The van der Waals surface area contributed by atoms with Crippen LogP contribution in [0.25, 0.3) is 0 Å². The SMILES string of the molecule is CC(C)C1CCCCC1NC(=O)N(C)CC1CCN(C)C1. The Labute approximate surface area is 130 Å². The van der Waals surface area contributed by atoms with Gasteiger partial charge in [-0.25, -0.2) is 4.79 Å². The van der Waals surface area contributed by atoms with Crippen molar-refractivity contribution in [1.29, 1.82) is 0 Å². The Morgan fingerprint density at radius 2 is 2.00 bits per heavy atom. The minimum absolute atomic E-state index is 0.127. The summed E-state index contributed by atoms with van der Waals surface area (Å²) in [5, 5.41) is 3.31. The summed E-state index contributed by atoms with van der Waals surface area (Å²) >= 11 is 0.